The summed E-state index contributed by atoms with van der Waals surface area (Å²) in [6.07, 6.45) is 2.41. The number of nitrogens with one attached hydrogen (secondary N) is 1. The zero-order valence-electron chi connectivity index (χ0n) is 10.7. The van der Waals surface area contributed by atoms with E-state index in [0.717, 1.165) is 18.0 Å². The Bertz CT molecular complexity index is 388. The molecule has 3 nitrogen and oxygen atoms in total. The third-order valence-electron chi connectivity index (χ3n) is 3.38. The third kappa shape index (κ3) is 2.87. The van der Waals surface area contributed by atoms with Gasteiger partial charge in [0.2, 0.25) is 0 Å². The lowest BCUT2D eigenvalue weighted by Gasteiger charge is -2.20. The molecule has 1 fully saturated rings. The van der Waals surface area contributed by atoms with Crippen molar-refractivity contribution in [2.45, 2.75) is 32.7 Å². The van der Waals surface area contributed by atoms with E-state index < -0.39 is 0 Å². The fourth-order valence-electron chi connectivity index (χ4n) is 2.19. The smallest absolute Gasteiger partial charge is 0.263 e. The molecule has 1 aliphatic heterocycles. The number of nitrogens with zero attached hydrogens (tertiary/aromatic N) is 1. The van der Waals surface area contributed by atoms with Crippen LogP contribution in [0.25, 0.3) is 0 Å². The minimum absolute atomic E-state index is 0.153. The average Bonchev–Trinajstić information content (AvgIpc) is 2.89. The lowest BCUT2D eigenvalue weighted by molar-refractivity contribution is 0.0788. The number of likely N-dealkylation sites (N-methyl/N-ethyl adjacent to an activating group) is 1. The maximum atomic E-state index is 12.2. The van der Waals surface area contributed by atoms with Crippen LogP contribution >= 0.6 is 11.3 Å². The topological polar surface area (TPSA) is 32.3 Å². The molecule has 0 saturated carbocycles. The van der Waals surface area contributed by atoms with Crippen molar-refractivity contribution in [2.75, 3.05) is 20.1 Å². The Morgan fingerprint density at radius 3 is 2.88 bits per heavy atom. The summed E-state index contributed by atoms with van der Waals surface area (Å²) in [5.74, 6) is 0.153. The van der Waals surface area contributed by atoms with Crippen LogP contribution in [-0.2, 0) is 0 Å². The summed E-state index contributed by atoms with van der Waals surface area (Å²) in [5.41, 5.74) is 1.21. The molecule has 1 aromatic rings. The summed E-state index contributed by atoms with van der Waals surface area (Å²) in [7, 11) is 1.90. The van der Waals surface area contributed by atoms with Crippen molar-refractivity contribution in [3.05, 3.63) is 21.4 Å². The van der Waals surface area contributed by atoms with Gasteiger partial charge in [-0.2, -0.15) is 0 Å². The van der Waals surface area contributed by atoms with E-state index in [2.05, 4.69) is 19.2 Å². The standard InChI is InChI=1S/C13H20N2OS/c1-9-7-12(17-10(9)2)13(16)15(3)8-11-5-4-6-14-11/h7,11,14H,4-6,8H2,1-3H3. The van der Waals surface area contributed by atoms with Gasteiger partial charge in [-0.1, -0.05) is 0 Å². The number of hydrogen-bond donors (Lipinski definition) is 1. The molecule has 1 aromatic heterocycles. The van der Waals surface area contributed by atoms with Gasteiger partial charge in [0, 0.05) is 24.5 Å². The van der Waals surface area contributed by atoms with Crippen LogP contribution in [0.3, 0.4) is 0 Å². The second kappa shape index (κ2) is 5.19. The quantitative estimate of drug-likeness (QED) is 0.894. The van der Waals surface area contributed by atoms with Crippen LogP contribution in [0.4, 0.5) is 0 Å². The normalized spacial score (nSPS) is 19.6. The average molecular weight is 252 g/mol. The second-order valence-electron chi connectivity index (χ2n) is 4.83. The van der Waals surface area contributed by atoms with Gasteiger partial charge < -0.3 is 10.2 Å². The molecule has 0 aromatic carbocycles. The number of carbonyl (C=O) groups is 1. The number of amides is 1. The molecule has 1 N–H and O–H groups in total. The summed E-state index contributed by atoms with van der Waals surface area (Å²) < 4.78 is 0. The minimum Gasteiger partial charge on any atom is -0.339 e. The van der Waals surface area contributed by atoms with Crippen molar-refractivity contribution in [1.29, 1.82) is 0 Å². The first kappa shape index (κ1) is 12.6. The zero-order valence-corrected chi connectivity index (χ0v) is 11.6. The van der Waals surface area contributed by atoms with Crippen LogP contribution in [0.5, 0.6) is 0 Å². The van der Waals surface area contributed by atoms with Gasteiger partial charge in [0.05, 0.1) is 4.88 Å². The van der Waals surface area contributed by atoms with Crippen molar-refractivity contribution < 1.29 is 4.79 Å². The van der Waals surface area contributed by atoms with Gasteiger partial charge in [0.15, 0.2) is 0 Å². The van der Waals surface area contributed by atoms with E-state index in [1.165, 1.54) is 23.3 Å². The van der Waals surface area contributed by atoms with Crippen molar-refractivity contribution in [3.63, 3.8) is 0 Å². The number of carbonyl (C=O) groups excluding carboxylic acids is 1. The highest BCUT2D eigenvalue weighted by Crippen LogP contribution is 2.22. The molecule has 2 rings (SSSR count). The van der Waals surface area contributed by atoms with E-state index in [4.69, 9.17) is 0 Å². The van der Waals surface area contributed by atoms with Crippen LogP contribution in [-0.4, -0.2) is 37.0 Å². The molecule has 17 heavy (non-hydrogen) atoms. The molecule has 4 heteroatoms. The first-order valence-corrected chi connectivity index (χ1v) is 6.95. The number of hydrogen-bond acceptors (Lipinski definition) is 3. The number of aryl methyl sites for hydroxylation is 2. The van der Waals surface area contributed by atoms with Crippen molar-refractivity contribution in [2.24, 2.45) is 0 Å². The monoisotopic (exact) mass is 252 g/mol. The van der Waals surface area contributed by atoms with Gasteiger partial charge in [0.25, 0.3) is 5.91 Å². The lowest BCUT2D eigenvalue weighted by Crippen LogP contribution is -2.38. The summed E-state index contributed by atoms with van der Waals surface area (Å²) in [4.78, 5) is 16.1. The van der Waals surface area contributed by atoms with E-state index >= 15 is 0 Å². The van der Waals surface area contributed by atoms with E-state index in [9.17, 15) is 4.79 Å². The van der Waals surface area contributed by atoms with E-state index in [-0.39, 0.29) is 5.91 Å². The SMILES string of the molecule is Cc1cc(C(=O)N(C)CC2CCCN2)sc1C. The van der Waals surface area contributed by atoms with Crippen LogP contribution in [0, 0.1) is 13.8 Å². The van der Waals surface area contributed by atoms with Gasteiger partial charge in [-0.25, -0.2) is 0 Å². The van der Waals surface area contributed by atoms with Gasteiger partial charge in [0.1, 0.15) is 0 Å². The highest BCUT2D eigenvalue weighted by molar-refractivity contribution is 7.14. The Morgan fingerprint density at radius 2 is 2.35 bits per heavy atom. The predicted molar refractivity (Wildman–Crippen MR) is 71.8 cm³/mol. The van der Waals surface area contributed by atoms with Crippen LogP contribution in [0.2, 0.25) is 0 Å². The summed E-state index contributed by atoms with van der Waals surface area (Å²) in [6.45, 7) is 6.02. The van der Waals surface area contributed by atoms with Crippen LogP contribution < -0.4 is 5.32 Å². The Kier molecular flexibility index (Phi) is 3.84. The highest BCUT2D eigenvalue weighted by atomic mass is 32.1. The van der Waals surface area contributed by atoms with Gasteiger partial charge in [-0.05, 0) is 44.9 Å². The summed E-state index contributed by atoms with van der Waals surface area (Å²) >= 11 is 1.60. The minimum atomic E-state index is 0.153. The molecule has 0 radical (unpaired) electrons. The fourth-order valence-corrected chi connectivity index (χ4v) is 3.22. The maximum Gasteiger partial charge on any atom is 0.263 e. The Balaban J connectivity index is 1.98. The lowest BCUT2D eigenvalue weighted by atomic mass is 10.2. The second-order valence-corrected chi connectivity index (χ2v) is 6.09. The van der Waals surface area contributed by atoms with E-state index in [0.29, 0.717) is 6.04 Å². The first-order valence-electron chi connectivity index (χ1n) is 6.14. The zero-order chi connectivity index (χ0) is 12.4. The van der Waals surface area contributed by atoms with Crippen LogP contribution in [0.15, 0.2) is 6.07 Å². The maximum absolute atomic E-state index is 12.2. The van der Waals surface area contributed by atoms with Crippen LogP contribution in [0.1, 0.15) is 33.0 Å². The van der Waals surface area contributed by atoms with E-state index in [1.54, 1.807) is 11.3 Å². The Morgan fingerprint density at radius 1 is 1.59 bits per heavy atom. The largest absolute Gasteiger partial charge is 0.339 e. The van der Waals surface area contributed by atoms with Crippen molar-refractivity contribution >= 4 is 17.2 Å². The van der Waals surface area contributed by atoms with Gasteiger partial charge >= 0.3 is 0 Å². The summed E-state index contributed by atoms with van der Waals surface area (Å²) in [6, 6.07) is 2.48. The van der Waals surface area contributed by atoms with Gasteiger partial charge in [-0.15, -0.1) is 11.3 Å². The Labute approximate surface area is 107 Å². The van der Waals surface area contributed by atoms with Crippen molar-refractivity contribution in [1.82, 2.24) is 10.2 Å². The molecule has 0 bridgehead atoms. The molecule has 1 atom stereocenters. The van der Waals surface area contributed by atoms with Gasteiger partial charge in [-0.3, -0.25) is 4.79 Å². The molecule has 1 aliphatic rings. The molecule has 2 heterocycles. The highest BCUT2D eigenvalue weighted by Gasteiger charge is 2.20. The molecule has 1 unspecified atom stereocenters. The fraction of sp³-hybridized carbons (Fsp3) is 0.615. The molecular weight excluding hydrogens is 232 g/mol. The summed E-state index contributed by atoms with van der Waals surface area (Å²) in [5, 5.41) is 3.42. The number of rotatable bonds is 3. The molecule has 0 spiro atoms. The first-order chi connectivity index (χ1) is 8.08. The van der Waals surface area contributed by atoms with E-state index in [1.807, 2.05) is 18.0 Å². The predicted octanol–water partition coefficient (Wildman–Crippen LogP) is 2.19. The third-order valence-corrected chi connectivity index (χ3v) is 4.52. The molecule has 0 aliphatic carbocycles. The number of thiophene rings is 1. The molecule has 1 amide bonds. The Hall–Kier alpha value is -0.870. The molecule has 1 saturated heterocycles. The van der Waals surface area contributed by atoms with Crippen molar-refractivity contribution in [3.8, 4) is 0 Å². The molecular formula is C13H20N2OS. The molecule has 94 valence electrons.